The monoisotopic (exact) mass is 249 g/mol. The maximum absolute atomic E-state index is 10.6. The summed E-state index contributed by atoms with van der Waals surface area (Å²) in [7, 11) is 0. The van der Waals surface area contributed by atoms with Gasteiger partial charge in [-0.2, -0.15) is 0 Å². The summed E-state index contributed by atoms with van der Waals surface area (Å²) in [5, 5.41) is 10.5. The molecule has 0 bridgehead atoms. The van der Waals surface area contributed by atoms with Crippen LogP contribution in [0.2, 0.25) is 0 Å². The average molecular weight is 249 g/mol. The van der Waals surface area contributed by atoms with E-state index >= 15 is 0 Å². The molecule has 0 atom stereocenters. The van der Waals surface area contributed by atoms with Crippen LogP contribution in [0.3, 0.4) is 0 Å². The summed E-state index contributed by atoms with van der Waals surface area (Å²) in [6.07, 6.45) is 0.878. The van der Waals surface area contributed by atoms with E-state index in [1.165, 1.54) is 12.1 Å². The maximum Gasteiger partial charge on any atom is 0.269 e. The Kier molecular flexibility index (Phi) is 3.88. The first-order valence-corrected chi connectivity index (χ1v) is 5.84. The van der Waals surface area contributed by atoms with E-state index in [1.807, 2.05) is 0 Å². The summed E-state index contributed by atoms with van der Waals surface area (Å²) in [6, 6.07) is 6.61. The second-order valence-electron chi connectivity index (χ2n) is 4.34. The third-order valence-electron chi connectivity index (χ3n) is 3.11. The normalized spacial score (nSPS) is 16.6. The van der Waals surface area contributed by atoms with E-state index in [9.17, 15) is 14.9 Å². The number of carbonyl (C=O) groups excluding carboxylic acids is 1. The first-order valence-electron chi connectivity index (χ1n) is 5.84. The summed E-state index contributed by atoms with van der Waals surface area (Å²) >= 11 is 0. The number of benzene rings is 1. The van der Waals surface area contributed by atoms with Crippen LogP contribution >= 0.6 is 0 Å². The van der Waals surface area contributed by atoms with Crippen molar-refractivity contribution in [3.8, 4) is 0 Å². The van der Waals surface area contributed by atoms with Crippen molar-refractivity contribution in [1.82, 2.24) is 9.80 Å². The molecular formula is C12H15N3O3. The molecule has 1 aliphatic rings. The fraction of sp³-hybridized carbons (Fsp3) is 0.417. The van der Waals surface area contributed by atoms with Gasteiger partial charge < -0.3 is 4.90 Å². The van der Waals surface area contributed by atoms with Gasteiger partial charge in [-0.25, -0.2) is 0 Å². The number of non-ortho nitro benzene ring substituents is 1. The number of rotatable bonds is 4. The molecular weight excluding hydrogens is 234 g/mol. The molecule has 6 nitrogen and oxygen atoms in total. The molecule has 0 aromatic heterocycles. The summed E-state index contributed by atoms with van der Waals surface area (Å²) in [5.41, 5.74) is 1.17. The number of nitro benzene ring substituents is 1. The molecule has 1 heterocycles. The lowest BCUT2D eigenvalue weighted by molar-refractivity contribution is -0.384. The standard InChI is InChI=1S/C12H15N3O3/c16-10-14-7-5-13(6-8-14)9-11-1-3-12(4-2-11)15(17)18/h1-4,10H,5-9H2. The number of carbonyl (C=O) groups is 1. The summed E-state index contributed by atoms with van der Waals surface area (Å²) in [4.78, 5) is 24.7. The van der Waals surface area contributed by atoms with Crippen molar-refractivity contribution in [3.63, 3.8) is 0 Å². The highest BCUT2D eigenvalue weighted by atomic mass is 16.6. The highest BCUT2D eigenvalue weighted by Crippen LogP contribution is 2.14. The first-order chi connectivity index (χ1) is 8.69. The van der Waals surface area contributed by atoms with Crippen LogP contribution in [0.4, 0.5) is 5.69 Å². The van der Waals surface area contributed by atoms with Crippen molar-refractivity contribution >= 4 is 12.1 Å². The molecule has 1 aliphatic heterocycles. The Morgan fingerprint density at radius 1 is 1.17 bits per heavy atom. The van der Waals surface area contributed by atoms with Crippen molar-refractivity contribution in [2.75, 3.05) is 26.2 Å². The Labute approximate surface area is 105 Å². The molecule has 96 valence electrons. The van der Waals surface area contributed by atoms with Gasteiger partial charge in [0.15, 0.2) is 0 Å². The first kappa shape index (κ1) is 12.5. The molecule has 1 fully saturated rings. The molecule has 1 aromatic carbocycles. The minimum absolute atomic E-state index is 0.115. The third kappa shape index (κ3) is 3.04. The number of hydrogen-bond donors (Lipinski definition) is 0. The predicted octanol–water partition coefficient (Wildman–Crippen LogP) is 0.869. The Bertz CT molecular complexity index is 425. The molecule has 0 aliphatic carbocycles. The molecule has 18 heavy (non-hydrogen) atoms. The Hall–Kier alpha value is -1.95. The van der Waals surface area contributed by atoms with Crippen molar-refractivity contribution in [2.45, 2.75) is 6.54 Å². The van der Waals surface area contributed by atoms with Gasteiger partial charge >= 0.3 is 0 Å². The van der Waals surface area contributed by atoms with Gasteiger partial charge in [0.25, 0.3) is 5.69 Å². The van der Waals surface area contributed by atoms with Gasteiger partial charge in [0.1, 0.15) is 0 Å². The van der Waals surface area contributed by atoms with Crippen molar-refractivity contribution < 1.29 is 9.72 Å². The zero-order valence-corrected chi connectivity index (χ0v) is 9.99. The summed E-state index contributed by atoms with van der Waals surface area (Å²) < 4.78 is 0. The van der Waals surface area contributed by atoms with Crippen LogP contribution in [0.5, 0.6) is 0 Å². The van der Waals surface area contributed by atoms with E-state index in [-0.39, 0.29) is 5.69 Å². The van der Waals surface area contributed by atoms with E-state index in [4.69, 9.17) is 0 Å². The van der Waals surface area contributed by atoms with E-state index in [1.54, 1.807) is 17.0 Å². The highest BCUT2D eigenvalue weighted by molar-refractivity contribution is 5.47. The van der Waals surface area contributed by atoms with Crippen LogP contribution in [0.25, 0.3) is 0 Å². The van der Waals surface area contributed by atoms with Crippen molar-refractivity contribution in [2.24, 2.45) is 0 Å². The lowest BCUT2D eigenvalue weighted by Crippen LogP contribution is -2.45. The zero-order valence-electron chi connectivity index (χ0n) is 9.99. The van der Waals surface area contributed by atoms with Gasteiger partial charge in [-0.1, -0.05) is 12.1 Å². The van der Waals surface area contributed by atoms with Crippen LogP contribution in [0.15, 0.2) is 24.3 Å². The Morgan fingerprint density at radius 3 is 2.28 bits per heavy atom. The van der Waals surface area contributed by atoms with Gasteiger partial charge in [-0.3, -0.25) is 19.8 Å². The second-order valence-corrected chi connectivity index (χ2v) is 4.34. The van der Waals surface area contributed by atoms with Crippen molar-refractivity contribution in [1.29, 1.82) is 0 Å². The molecule has 0 N–H and O–H groups in total. The maximum atomic E-state index is 10.6. The molecule has 6 heteroatoms. The topological polar surface area (TPSA) is 66.7 Å². The van der Waals surface area contributed by atoms with Crippen LogP contribution < -0.4 is 0 Å². The Balaban J connectivity index is 1.90. The van der Waals surface area contributed by atoms with Crippen molar-refractivity contribution in [3.05, 3.63) is 39.9 Å². The number of piperazine rings is 1. The minimum atomic E-state index is -0.396. The SMILES string of the molecule is O=CN1CCN(Cc2ccc([N+](=O)[O-])cc2)CC1. The molecule has 0 spiro atoms. The average Bonchev–Trinajstić information content (AvgIpc) is 2.40. The minimum Gasteiger partial charge on any atom is -0.343 e. The molecule has 2 rings (SSSR count). The third-order valence-corrected chi connectivity index (χ3v) is 3.11. The number of amides is 1. The largest absolute Gasteiger partial charge is 0.343 e. The summed E-state index contributed by atoms with van der Waals surface area (Å²) in [5.74, 6) is 0. The van der Waals surface area contributed by atoms with Gasteiger partial charge in [-0.05, 0) is 5.56 Å². The van der Waals surface area contributed by atoms with Crippen LogP contribution in [-0.2, 0) is 11.3 Å². The van der Waals surface area contributed by atoms with E-state index < -0.39 is 4.92 Å². The Morgan fingerprint density at radius 2 is 1.78 bits per heavy atom. The predicted molar refractivity (Wildman–Crippen MR) is 66.0 cm³/mol. The molecule has 0 radical (unpaired) electrons. The lowest BCUT2D eigenvalue weighted by Gasteiger charge is -2.32. The highest BCUT2D eigenvalue weighted by Gasteiger charge is 2.15. The van der Waals surface area contributed by atoms with Crippen LogP contribution in [-0.4, -0.2) is 47.3 Å². The number of hydrogen-bond acceptors (Lipinski definition) is 4. The van der Waals surface area contributed by atoms with Crippen LogP contribution in [0.1, 0.15) is 5.56 Å². The molecule has 1 amide bonds. The van der Waals surface area contributed by atoms with E-state index in [0.29, 0.717) is 0 Å². The smallest absolute Gasteiger partial charge is 0.269 e. The zero-order chi connectivity index (χ0) is 13.0. The van der Waals surface area contributed by atoms with Gasteiger partial charge in [0.05, 0.1) is 4.92 Å². The van der Waals surface area contributed by atoms with E-state index in [2.05, 4.69) is 4.90 Å². The quantitative estimate of drug-likeness (QED) is 0.451. The van der Waals surface area contributed by atoms with Gasteiger partial charge in [-0.15, -0.1) is 0 Å². The molecule has 0 unspecified atom stereocenters. The number of nitrogens with zero attached hydrogens (tertiary/aromatic N) is 3. The summed E-state index contributed by atoms with van der Waals surface area (Å²) in [6.45, 7) is 3.95. The molecule has 0 saturated carbocycles. The second kappa shape index (κ2) is 5.59. The lowest BCUT2D eigenvalue weighted by atomic mass is 10.2. The molecule has 1 saturated heterocycles. The van der Waals surface area contributed by atoms with Crippen LogP contribution in [0, 0.1) is 10.1 Å². The fourth-order valence-corrected chi connectivity index (χ4v) is 2.01. The number of nitro groups is 1. The molecule has 1 aromatic rings. The van der Waals surface area contributed by atoms with Gasteiger partial charge in [0.2, 0.25) is 6.41 Å². The van der Waals surface area contributed by atoms with Gasteiger partial charge in [0, 0.05) is 44.9 Å². The van der Waals surface area contributed by atoms with E-state index in [0.717, 1.165) is 44.7 Å². The fourth-order valence-electron chi connectivity index (χ4n) is 2.01.